The molecular formula is C21H22ClN3O3S. The van der Waals surface area contributed by atoms with Gasteiger partial charge in [-0.1, -0.05) is 41.6 Å². The highest BCUT2D eigenvalue weighted by molar-refractivity contribution is 8.00. The second-order valence-electron chi connectivity index (χ2n) is 6.47. The number of carbonyl (C=O) groups is 1. The topological polar surface area (TPSA) is 73.2 Å². The predicted molar refractivity (Wildman–Crippen MR) is 118 cm³/mol. The molecule has 0 aliphatic heterocycles. The number of anilines is 1. The third-order valence-electron chi connectivity index (χ3n) is 4.30. The van der Waals surface area contributed by atoms with E-state index in [2.05, 4.69) is 10.3 Å². The number of amides is 1. The number of hydrogen-bond acceptors (Lipinski definition) is 5. The van der Waals surface area contributed by atoms with Crippen molar-refractivity contribution in [1.29, 1.82) is 0 Å². The number of rotatable bonds is 8. The van der Waals surface area contributed by atoms with E-state index in [4.69, 9.17) is 16.3 Å². The van der Waals surface area contributed by atoms with Gasteiger partial charge in [-0.2, -0.15) is 0 Å². The van der Waals surface area contributed by atoms with Crippen LogP contribution in [0.4, 0.5) is 5.69 Å². The first-order valence-corrected chi connectivity index (χ1v) is 10.5. The number of ether oxygens (including phenoxy) is 1. The van der Waals surface area contributed by atoms with E-state index in [1.807, 2.05) is 12.1 Å². The molecule has 1 aromatic heterocycles. The molecule has 29 heavy (non-hydrogen) atoms. The van der Waals surface area contributed by atoms with Gasteiger partial charge >= 0.3 is 0 Å². The Bertz CT molecular complexity index is 1070. The minimum Gasteiger partial charge on any atom is -0.385 e. The van der Waals surface area contributed by atoms with E-state index in [1.165, 1.54) is 11.8 Å². The summed E-state index contributed by atoms with van der Waals surface area (Å²) >= 11 is 7.23. The van der Waals surface area contributed by atoms with Crippen LogP contribution in [-0.2, 0) is 16.1 Å². The normalized spacial score (nSPS) is 12.1. The molecule has 0 fully saturated rings. The smallest absolute Gasteiger partial charge is 0.262 e. The van der Waals surface area contributed by atoms with Crippen LogP contribution in [0.2, 0.25) is 5.02 Å². The molecule has 0 bridgehead atoms. The molecule has 8 heteroatoms. The Labute approximate surface area is 178 Å². The van der Waals surface area contributed by atoms with Crippen molar-refractivity contribution in [3.8, 4) is 0 Å². The molecule has 0 aliphatic rings. The maximum atomic E-state index is 13.0. The van der Waals surface area contributed by atoms with Gasteiger partial charge in [-0.3, -0.25) is 14.2 Å². The van der Waals surface area contributed by atoms with E-state index in [0.29, 0.717) is 46.3 Å². The monoisotopic (exact) mass is 431 g/mol. The van der Waals surface area contributed by atoms with Gasteiger partial charge in [-0.05, 0) is 43.7 Å². The van der Waals surface area contributed by atoms with E-state index in [-0.39, 0.29) is 11.5 Å². The van der Waals surface area contributed by atoms with Gasteiger partial charge < -0.3 is 10.1 Å². The Balaban J connectivity index is 1.85. The van der Waals surface area contributed by atoms with Gasteiger partial charge in [-0.15, -0.1) is 0 Å². The first-order chi connectivity index (χ1) is 14.0. The van der Waals surface area contributed by atoms with Crippen LogP contribution in [0.25, 0.3) is 10.9 Å². The zero-order chi connectivity index (χ0) is 20.8. The van der Waals surface area contributed by atoms with Crippen LogP contribution in [0.5, 0.6) is 0 Å². The maximum Gasteiger partial charge on any atom is 0.262 e. The van der Waals surface area contributed by atoms with Gasteiger partial charge in [0.25, 0.3) is 5.56 Å². The quantitative estimate of drug-likeness (QED) is 0.328. The van der Waals surface area contributed by atoms with Crippen molar-refractivity contribution in [2.75, 3.05) is 19.0 Å². The maximum absolute atomic E-state index is 13.0. The number of benzene rings is 2. The molecule has 2 aromatic carbocycles. The number of aromatic nitrogens is 2. The van der Waals surface area contributed by atoms with Crippen LogP contribution < -0.4 is 10.9 Å². The summed E-state index contributed by atoms with van der Waals surface area (Å²) in [4.78, 5) is 30.3. The molecule has 0 saturated heterocycles. The van der Waals surface area contributed by atoms with Gasteiger partial charge in [0, 0.05) is 31.0 Å². The van der Waals surface area contributed by atoms with Crippen molar-refractivity contribution >= 4 is 45.9 Å². The molecule has 152 valence electrons. The van der Waals surface area contributed by atoms with Crippen LogP contribution in [0.3, 0.4) is 0 Å². The number of thioether (sulfide) groups is 1. The summed E-state index contributed by atoms with van der Waals surface area (Å²) in [6.45, 7) is 2.79. The van der Waals surface area contributed by atoms with Crippen molar-refractivity contribution in [2.24, 2.45) is 0 Å². The molecule has 1 N–H and O–H groups in total. The number of fused-ring (bicyclic) bond motifs is 1. The lowest BCUT2D eigenvalue weighted by molar-refractivity contribution is -0.115. The van der Waals surface area contributed by atoms with Crippen molar-refractivity contribution in [3.63, 3.8) is 0 Å². The fraction of sp³-hybridized carbons (Fsp3) is 0.286. The highest BCUT2D eigenvalue weighted by atomic mass is 35.5. The second kappa shape index (κ2) is 9.91. The third-order valence-corrected chi connectivity index (χ3v) is 5.63. The highest BCUT2D eigenvalue weighted by Crippen LogP contribution is 2.24. The number of nitrogens with one attached hydrogen (secondary N) is 1. The average Bonchev–Trinajstić information content (AvgIpc) is 2.70. The second-order valence-corrected chi connectivity index (χ2v) is 8.22. The molecule has 0 radical (unpaired) electrons. The lowest BCUT2D eigenvalue weighted by Gasteiger charge is -2.16. The van der Waals surface area contributed by atoms with E-state index in [1.54, 1.807) is 55.0 Å². The molecule has 1 heterocycles. The SMILES string of the molecule is COCCCn1c(SC(C)C(=O)Nc2cccc(Cl)c2)nc2ccccc2c1=O. The third kappa shape index (κ3) is 5.38. The number of carbonyl (C=O) groups excluding carboxylic acids is 1. The Hall–Kier alpha value is -2.35. The molecule has 0 saturated carbocycles. The average molecular weight is 432 g/mol. The van der Waals surface area contributed by atoms with Gasteiger partial charge in [0.15, 0.2) is 5.16 Å². The summed E-state index contributed by atoms with van der Waals surface area (Å²) in [5.74, 6) is -0.192. The molecular weight excluding hydrogens is 410 g/mol. The summed E-state index contributed by atoms with van der Waals surface area (Å²) < 4.78 is 6.73. The van der Waals surface area contributed by atoms with Crippen molar-refractivity contribution < 1.29 is 9.53 Å². The Morgan fingerprint density at radius 2 is 2.07 bits per heavy atom. The fourth-order valence-electron chi connectivity index (χ4n) is 2.82. The molecule has 3 rings (SSSR count). The first-order valence-electron chi connectivity index (χ1n) is 9.21. The molecule has 6 nitrogen and oxygen atoms in total. The number of nitrogens with zero attached hydrogens (tertiary/aromatic N) is 2. The molecule has 1 unspecified atom stereocenters. The van der Waals surface area contributed by atoms with Crippen LogP contribution >= 0.6 is 23.4 Å². The summed E-state index contributed by atoms with van der Waals surface area (Å²) in [7, 11) is 1.62. The van der Waals surface area contributed by atoms with E-state index in [0.717, 1.165) is 0 Å². The molecule has 0 aliphatic carbocycles. The van der Waals surface area contributed by atoms with Gasteiger partial charge in [0.1, 0.15) is 0 Å². The highest BCUT2D eigenvalue weighted by Gasteiger charge is 2.19. The lowest BCUT2D eigenvalue weighted by atomic mass is 10.2. The van der Waals surface area contributed by atoms with Gasteiger partial charge in [0.05, 0.1) is 16.2 Å². The lowest BCUT2D eigenvalue weighted by Crippen LogP contribution is -2.27. The van der Waals surface area contributed by atoms with Crippen molar-refractivity contribution in [1.82, 2.24) is 9.55 Å². The molecule has 0 spiro atoms. The molecule has 1 amide bonds. The van der Waals surface area contributed by atoms with Gasteiger partial charge in [-0.25, -0.2) is 4.98 Å². The number of hydrogen-bond donors (Lipinski definition) is 1. The summed E-state index contributed by atoms with van der Waals surface area (Å²) in [5.41, 5.74) is 1.13. The zero-order valence-electron chi connectivity index (χ0n) is 16.2. The van der Waals surface area contributed by atoms with Crippen molar-refractivity contribution in [3.05, 3.63) is 63.9 Å². The van der Waals surface area contributed by atoms with E-state index < -0.39 is 5.25 Å². The standard InChI is InChI=1S/C21H22ClN3O3S/c1-14(19(26)23-16-8-5-7-15(22)13-16)29-21-24-18-10-4-3-9-17(18)20(27)25(21)11-6-12-28-2/h3-5,7-10,13-14H,6,11-12H2,1-2H3,(H,23,26). The molecule has 3 aromatic rings. The predicted octanol–water partition coefficient (Wildman–Crippen LogP) is 4.21. The minimum absolute atomic E-state index is 0.114. The Morgan fingerprint density at radius 3 is 2.83 bits per heavy atom. The van der Waals surface area contributed by atoms with Crippen LogP contribution in [0.15, 0.2) is 58.5 Å². The van der Waals surface area contributed by atoms with Crippen LogP contribution in [0, 0.1) is 0 Å². The minimum atomic E-state index is -0.462. The summed E-state index contributed by atoms with van der Waals surface area (Å²) in [5, 5.41) is 4.01. The van der Waals surface area contributed by atoms with Gasteiger partial charge in [0.2, 0.25) is 5.91 Å². The fourth-order valence-corrected chi connectivity index (χ4v) is 3.95. The van der Waals surface area contributed by atoms with Crippen molar-refractivity contribution in [2.45, 2.75) is 30.3 Å². The summed E-state index contributed by atoms with van der Waals surface area (Å²) in [6.07, 6.45) is 0.674. The largest absolute Gasteiger partial charge is 0.385 e. The zero-order valence-corrected chi connectivity index (χ0v) is 17.8. The Morgan fingerprint density at radius 1 is 1.28 bits per heavy atom. The number of para-hydroxylation sites is 1. The van der Waals surface area contributed by atoms with E-state index in [9.17, 15) is 9.59 Å². The first kappa shape index (κ1) is 21.4. The van der Waals surface area contributed by atoms with Crippen LogP contribution in [-0.4, -0.2) is 34.4 Å². The summed E-state index contributed by atoms with van der Waals surface area (Å²) in [6, 6.07) is 14.2. The van der Waals surface area contributed by atoms with E-state index >= 15 is 0 Å². The van der Waals surface area contributed by atoms with Crippen LogP contribution in [0.1, 0.15) is 13.3 Å². The number of halogens is 1. The Kier molecular flexibility index (Phi) is 7.30. The molecule has 1 atom stereocenters. The number of methoxy groups -OCH3 is 1.